The monoisotopic (exact) mass is 291 g/mol. The number of rotatable bonds is 2. The number of nitrogens with zero attached hydrogens (tertiary/aromatic N) is 2. The summed E-state index contributed by atoms with van der Waals surface area (Å²) in [5, 5.41) is 3.07. The van der Waals surface area contributed by atoms with Crippen molar-refractivity contribution >= 4 is 21.9 Å². The predicted octanol–water partition coefficient (Wildman–Crippen LogP) is 2.18. The third-order valence-corrected chi connectivity index (χ3v) is 5.48. The van der Waals surface area contributed by atoms with Crippen molar-refractivity contribution in [2.45, 2.75) is 24.2 Å². The molecular formula is C14H17N3O2S. The Morgan fingerprint density at radius 3 is 2.75 bits per heavy atom. The smallest absolute Gasteiger partial charge is 0.243 e. The van der Waals surface area contributed by atoms with E-state index in [-0.39, 0.29) is 0 Å². The van der Waals surface area contributed by atoms with E-state index in [1.165, 1.54) is 0 Å². The van der Waals surface area contributed by atoms with Gasteiger partial charge < -0.3 is 5.32 Å². The molecule has 0 atom stereocenters. The summed E-state index contributed by atoms with van der Waals surface area (Å²) in [6.45, 7) is 1.24. The summed E-state index contributed by atoms with van der Waals surface area (Å²) in [6.07, 6.45) is 8.02. The van der Waals surface area contributed by atoms with Crippen LogP contribution in [0.5, 0.6) is 0 Å². The molecule has 5 nitrogen and oxygen atoms in total. The Kier molecular flexibility index (Phi) is 3.58. The van der Waals surface area contributed by atoms with Crippen molar-refractivity contribution in [3.8, 4) is 0 Å². The maximum atomic E-state index is 12.6. The summed E-state index contributed by atoms with van der Waals surface area (Å²) in [5.41, 5.74) is 1.65. The first-order valence-corrected chi connectivity index (χ1v) is 8.21. The van der Waals surface area contributed by atoms with Gasteiger partial charge in [-0.1, -0.05) is 6.42 Å². The molecule has 0 bridgehead atoms. The largest absolute Gasteiger partial charge is 0.360 e. The van der Waals surface area contributed by atoms with Gasteiger partial charge in [0, 0.05) is 43.0 Å². The molecule has 3 rings (SSSR count). The van der Waals surface area contributed by atoms with Gasteiger partial charge in [-0.25, -0.2) is 8.42 Å². The van der Waals surface area contributed by atoms with E-state index < -0.39 is 10.0 Å². The van der Waals surface area contributed by atoms with E-state index in [0.717, 1.165) is 30.5 Å². The Hall–Kier alpha value is -1.66. The van der Waals surface area contributed by atoms with Crippen LogP contribution in [0, 0.1) is 0 Å². The first-order valence-electron chi connectivity index (χ1n) is 6.77. The fraction of sp³-hybridized carbons (Fsp3) is 0.357. The van der Waals surface area contributed by atoms with Gasteiger partial charge in [-0.05, 0) is 31.0 Å². The summed E-state index contributed by atoms with van der Waals surface area (Å²) in [6, 6.07) is 5.12. The second-order valence-corrected chi connectivity index (χ2v) is 6.89. The maximum absolute atomic E-state index is 12.6. The third kappa shape index (κ3) is 2.48. The number of nitrogens with one attached hydrogen (secondary N) is 1. The van der Waals surface area contributed by atoms with Crippen molar-refractivity contribution in [2.24, 2.45) is 4.99 Å². The van der Waals surface area contributed by atoms with Crippen LogP contribution in [-0.4, -0.2) is 32.0 Å². The number of aliphatic imine (C=N–C) groups is 1. The minimum atomic E-state index is -3.38. The van der Waals surface area contributed by atoms with E-state index in [9.17, 15) is 8.42 Å². The van der Waals surface area contributed by atoms with Crippen LogP contribution in [0.2, 0.25) is 0 Å². The van der Waals surface area contributed by atoms with Gasteiger partial charge in [0.25, 0.3) is 0 Å². The van der Waals surface area contributed by atoms with Gasteiger partial charge in [0.2, 0.25) is 10.0 Å². The van der Waals surface area contributed by atoms with Crippen molar-refractivity contribution in [2.75, 3.05) is 18.4 Å². The molecule has 2 heterocycles. The van der Waals surface area contributed by atoms with Gasteiger partial charge in [0.15, 0.2) is 0 Å². The average molecular weight is 291 g/mol. The van der Waals surface area contributed by atoms with Crippen LogP contribution in [0.3, 0.4) is 0 Å². The Balaban J connectivity index is 1.96. The molecule has 0 radical (unpaired) electrons. The van der Waals surface area contributed by atoms with Crippen LogP contribution in [0.15, 0.2) is 40.5 Å². The van der Waals surface area contributed by atoms with Crippen LogP contribution in [0.4, 0.5) is 5.69 Å². The number of piperidine rings is 1. The molecule has 2 aliphatic heterocycles. The second-order valence-electron chi connectivity index (χ2n) is 4.95. The van der Waals surface area contributed by atoms with Crippen molar-refractivity contribution in [1.82, 2.24) is 4.31 Å². The number of hydrogen-bond donors (Lipinski definition) is 1. The van der Waals surface area contributed by atoms with E-state index in [1.54, 1.807) is 41.1 Å². The molecule has 1 saturated heterocycles. The van der Waals surface area contributed by atoms with Crippen molar-refractivity contribution in [3.05, 3.63) is 36.2 Å². The van der Waals surface area contributed by atoms with Crippen LogP contribution in [-0.2, 0) is 10.0 Å². The van der Waals surface area contributed by atoms with E-state index in [0.29, 0.717) is 18.0 Å². The van der Waals surface area contributed by atoms with Crippen LogP contribution in [0.25, 0.3) is 0 Å². The highest BCUT2D eigenvalue weighted by Crippen LogP contribution is 2.25. The van der Waals surface area contributed by atoms with Crippen LogP contribution < -0.4 is 5.32 Å². The number of fused-ring (bicyclic) bond motifs is 1. The minimum absolute atomic E-state index is 0.341. The molecule has 0 saturated carbocycles. The molecule has 0 aromatic heterocycles. The summed E-state index contributed by atoms with van der Waals surface area (Å²) in [4.78, 5) is 4.41. The Labute approximate surface area is 119 Å². The van der Waals surface area contributed by atoms with Crippen molar-refractivity contribution in [1.29, 1.82) is 0 Å². The van der Waals surface area contributed by atoms with Gasteiger partial charge in [-0.2, -0.15) is 4.31 Å². The molecule has 1 aromatic rings. The van der Waals surface area contributed by atoms with E-state index >= 15 is 0 Å². The average Bonchev–Trinajstić information content (AvgIpc) is 2.72. The summed E-state index contributed by atoms with van der Waals surface area (Å²) >= 11 is 0. The fourth-order valence-corrected chi connectivity index (χ4v) is 4.04. The van der Waals surface area contributed by atoms with Gasteiger partial charge >= 0.3 is 0 Å². The molecule has 0 unspecified atom stereocenters. The Morgan fingerprint density at radius 2 is 1.95 bits per heavy atom. The van der Waals surface area contributed by atoms with Crippen LogP contribution >= 0.6 is 0 Å². The van der Waals surface area contributed by atoms with Crippen LogP contribution in [0.1, 0.15) is 24.8 Å². The molecule has 1 aromatic carbocycles. The molecule has 0 aliphatic carbocycles. The van der Waals surface area contributed by atoms with E-state index in [1.807, 2.05) is 0 Å². The summed E-state index contributed by atoms with van der Waals surface area (Å²) < 4.78 is 26.8. The molecule has 0 amide bonds. The zero-order chi connectivity index (χ0) is 14.0. The second kappa shape index (κ2) is 5.38. The van der Waals surface area contributed by atoms with E-state index in [2.05, 4.69) is 10.3 Å². The summed E-state index contributed by atoms with van der Waals surface area (Å²) in [7, 11) is -3.38. The van der Waals surface area contributed by atoms with Gasteiger partial charge in [-0.15, -0.1) is 0 Å². The first kappa shape index (κ1) is 13.3. The van der Waals surface area contributed by atoms with Gasteiger partial charge in [0.05, 0.1) is 4.90 Å². The zero-order valence-corrected chi connectivity index (χ0v) is 11.9. The lowest BCUT2D eigenvalue weighted by atomic mass is 10.2. The molecule has 20 heavy (non-hydrogen) atoms. The number of sulfonamides is 1. The normalized spacial score (nSPS) is 19.2. The fourth-order valence-electron chi connectivity index (χ4n) is 2.49. The van der Waals surface area contributed by atoms with Gasteiger partial charge in [0.1, 0.15) is 0 Å². The minimum Gasteiger partial charge on any atom is -0.360 e. The number of anilines is 1. The highest BCUT2D eigenvalue weighted by Gasteiger charge is 2.26. The molecule has 106 valence electrons. The SMILES string of the molecule is O=S(=O)(c1ccc2c(c1)C=NC=CN2)N1CCCCC1. The standard InChI is InChI=1S/C14H17N3O2S/c18-20(19,17-8-2-1-3-9-17)13-4-5-14-12(10-13)11-15-6-7-16-14/h4-7,10-11,16H,1-3,8-9H2. The van der Waals surface area contributed by atoms with Gasteiger partial charge in [-0.3, -0.25) is 4.99 Å². The number of benzene rings is 1. The Morgan fingerprint density at radius 1 is 1.15 bits per heavy atom. The predicted molar refractivity (Wildman–Crippen MR) is 79.4 cm³/mol. The maximum Gasteiger partial charge on any atom is 0.243 e. The lowest BCUT2D eigenvalue weighted by Gasteiger charge is -2.26. The molecular weight excluding hydrogens is 274 g/mol. The van der Waals surface area contributed by atoms with Crippen molar-refractivity contribution in [3.63, 3.8) is 0 Å². The lowest BCUT2D eigenvalue weighted by Crippen LogP contribution is -2.35. The van der Waals surface area contributed by atoms with E-state index in [4.69, 9.17) is 0 Å². The number of hydrogen-bond acceptors (Lipinski definition) is 4. The highest BCUT2D eigenvalue weighted by atomic mass is 32.2. The zero-order valence-electron chi connectivity index (χ0n) is 11.1. The third-order valence-electron chi connectivity index (χ3n) is 3.59. The molecule has 1 N–H and O–H groups in total. The van der Waals surface area contributed by atoms with Crippen molar-refractivity contribution < 1.29 is 8.42 Å². The lowest BCUT2D eigenvalue weighted by molar-refractivity contribution is 0.346. The summed E-state index contributed by atoms with van der Waals surface area (Å²) in [5.74, 6) is 0. The molecule has 2 aliphatic rings. The molecule has 0 spiro atoms. The molecule has 1 fully saturated rings. The highest BCUT2D eigenvalue weighted by molar-refractivity contribution is 7.89. The topological polar surface area (TPSA) is 61.8 Å². The first-order chi connectivity index (χ1) is 9.68. The molecule has 6 heteroatoms. The Bertz CT molecular complexity index is 659. The quantitative estimate of drug-likeness (QED) is 0.908.